The number of hydrogen-bond acceptors (Lipinski definition) is 5. The first-order chi connectivity index (χ1) is 16.6. The summed E-state index contributed by atoms with van der Waals surface area (Å²) in [5.74, 6) is -1.54. The molecule has 8 nitrogen and oxygen atoms in total. The molecule has 3 aromatic heterocycles. The zero-order chi connectivity index (χ0) is 24.9. The molecule has 11 heteroatoms. The van der Waals surface area contributed by atoms with Crippen LogP contribution < -0.4 is 4.31 Å². The Bertz CT molecular complexity index is 1570. The number of rotatable bonds is 7. The number of hydrogen-bond donors (Lipinski definition) is 1. The largest absolute Gasteiger partial charge is 0.478 e. The van der Waals surface area contributed by atoms with Gasteiger partial charge >= 0.3 is 5.97 Å². The number of sulfonamides is 1. The Hall–Kier alpha value is -3.31. The molecule has 0 unspecified atom stereocenters. The Labute approximate surface area is 209 Å². The normalized spacial score (nSPS) is 13.8. The summed E-state index contributed by atoms with van der Waals surface area (Å²) in [5, 5.41) is 14.5. The average molecular weight is 559 g/mol. The minimum absolute atomic E-state index is 0.0207. The van der Waals surface area contributed by atoms with Gasteiger partial charge in [-0.2, -0.15) is 5.10 Å². The highest BCUT2D eigenvalue weighted by Crippen LogP contribution is 2.46. The molecule has 1 aromatic carbocycles. The molecule has 0 spiro atoms. The monoisotopic (exact) mass is 558 g/mol. The Morgan fingerprint density at radius 1 is 1.29 bits per heavy atom. The molecule has 0 radical (unpaired) electrons. The molecule has 0 amide bonds. The minimum Gasteiger partial charge on any atom is -0.478 e. The predicted molar refractivity (Wildman–Crippen MR) is 132 cm³/mol. The van der Waals surface area contributed by atoms with E-state index in [1.807, 2.05) is 0 Å². The summed E-state index contributed by atoms with van der Waals surface area (Å²) in [6, 6.07) is 9.59. The predicted octanol–water partition coefficient (Wildman–Crippen LogP) is 4.84. The fraction of sp³-hybridized carbons (Fsp3) is 0.208. The first-order valence-corrected chi connectivity index (χ1v) is 13.4. The van der Waals surface area contributed by atoms with Gasteiger partial charge in [-0.05, 0) is 76.1 Å². The first-order valence-electron chi connectivity index (χ1n) is 10.7. The first kappa shape index (κ1) is 23.4. The van der Waals surface area contributed by atoms with Crippen LogP contribution in [0.2, 0.25) is 0 Å². The van der Waals surface area contributed by atoms with E-state index in [2.05, 4.69) is 26.0 Å². The molecular formula is C24H20BrFN4O4S. The number of carboxylic acid groups (broad SMARTS) is 1. The number of benzene rings is 1. The van der Waals surface area contributed by atoms with Crippen molar-refractivity contribution in [2.45, 2.75) is 25.3 Å². The molecule has 0 saturated heterocycles. The van der Waals surface area contributed by atoms with Gasteiger partial charge in [-0.1, -0.05) is 6.07 Å². The van der Waals surface area contributed by atoms with Crippen molar-refractivity contribution in [3.63, 3.8) is 0 Å². The summed E-state index contributed by atoms with van der Waals surface area (Å²) >= 11 is 3.12. The van der Waals surface area contributed by atoms with Gasteiger partial charge in [-0.3, -0.25) is 9.29 Å². The van der Waals surface area contributed by atoms with Crippen molar-refractivity contribution in [1.29, 1.82) is 0 Å². The van der Waals surface area contributed by atoms with Crippen molar-refractivity contribution in [2.24, 2.45) is 0 Å². The molecule has 4 aromatic rings. The maximum atomic E-state index is 14.1. The van der Waals surface area contributed by atoms with Crippen LogP contribution in [0, 0.1) is 5.82 Å². The van der Waals surface area contributed by atoms with Gasteiger partial charge in [0, 0.05) is 18.0 Å². The SMILES string of the molecule is CS(=O)(=O)N(Cc1ccc(Br)c(F)c1)c1cn2nc(-c3cccnc3)c(C(=O)O)c2cc1C1CC1. The third-order valence-electron chi connectivity index (χ3n) is 5.93. The number of aromatic nitrogens is 3. The van der Waals surface area contributed by atoms with Crippen LogP contribution in [0.3, 0.4) is 0 Å². The second kappa shape index (κ2) is 8.72. The van der Waals surface area contributed by atoms with Crippen molar-refractivity contribution in [3.8, 4) is 11.3 Å². The maximum Gasteiger partial charge on any atom is 0.340 e. The Balaban J connectivity index is 1.71. The van der Waals surface area contributed by atoms with Crippen LogP contribution in [0.25, 0.3) is 16.8 Å². The number of carbonyl (C=O) groups is 1. The molecule has 0 atom stereocenters. The van der Waals surface area contributed by atoms with E-state index in [1.165, 1.54) is 27.2 Å². The van der Waals surface area contributed by atoms with Crippen LogP contribution >= 0.6 is 15.9 Å². The maximum absolute atomic E-state index is 14.1. The summed E-state index contributed by atoms with van der Waals surface area (Å²) in [6.07, 6.45) is 7.47. The second-order valence-electron chi connectivity index (χ2n) is 8.51. The molecule has 180 valence electrons. The number of nitrogens with zero attached hydrogens (tertiary/aromatic N) is 4. The number of anilines is 1. The van der Waals surface area contributed by atoms with E-state index >= 15 is 0 Å². The number of carboxylic acids is 1. The van der Waals surface area contributed by atoms with Crippen LogP contribution in [-0.4, -0.2) is 40.3 Å². The lowest BCUT2D eigenvalue weighted by Crippen LogP contribution is -2.30. The topological polar surface area (TPSA) is 105 Å². The van der Waals surface area contributed by atoms with E-state index in [4.69, 9.17) is 0 Å². The van der Waals surface area contributed by atoms with E-state index < -0.39 is 21.8 Å². The Morgan fingerprint density at radius 2 is 2.06 bits per heavy atom. The summed E-state index contributed by atoms with van der Waals surface area (Å²) in [7, 11) is -3.78. The van der Waals surface area contributed by atoms with Crippen molar-refractivity contribution in [2.75, 3.05) is 10.6 Å². The molecule has 3 heterocycles. The second-order valence-corrected chi connectivity index (χ2v) is 11.3. The van der Waals surface area contributed by atoms with Crippen LogP contribution in [0.15, 0.2) is 59.5 Å². The van der Waals surface area contributed by atoms with Gasteiger partial charge < -0.3 is 5.11 Å². The molecule has 5 rings (SSSR count). The van der Waals surface area contributed by atoms with Gasteiger partial charge in [0.25, 0.3) is 0 Å². The van der Waals surface area contributed by atoms with E-state index in [1.54, 1.807) is 36.7 Å². The van der Waals surface area contributed by atoms with E-state index in [-0.39, 0.29) is 28.2 Å². The van der Waals surface area contributed by atoms with Gasteiger partial charge in [0.15, 0.2) is 0 Å². The highest BCUT2D eigenvalue weighted by Gasteiger charge is 2.33. The quantitative estimate of drug-likeness (QED) is 0.348. The van der Waals surface area contributed by atoms with Crippen LogP contribution in [-0.2, 0) is 16.6 Å². The van der Waals surface area contributed by atoms with Crippen LogP contribution in [0.1, 0.15) is 40.2 Å². The molecule has 1 aliphatic carbocycles. The molecule has 1 N–H and O–H groups in total. The molecule has 1 fully saturated rings. The summed E-state index contributed by atoms with van der Waals surface area (Å²) < 4.78 is 42.9. The number of pyridine rings is 2. The zero-order valence-corrected chi connectivity index (χ0v) is 20.9. The highest BCUT2D eigenvalue weighted by molar-refractivity contribution is 9.10. The smallest absolute Gasteiger partial charge is 0.340 e. The molecule has 0 aliphatic heterocycles. The minimum atomic E-state index is -3.78. The number of aromatic carboxylic acids is 1. The lowest BCUT2D eigenvalue weighted by molar-refractivity contribution is 0.0699. The van der Waals surface area contributed by atoms with Crippen molar-refractivity contribution < 1.29 is 22.7 Å². The molecule has 1 aliphatic rings. The Kier molecular flexibility index (Phi) is 5.84. The molecule has 1 saturated carbocycles. The Morgan fingerprint density at radius 3 is 2.66 bits per heavy atom. The third-order valence-corrected chi connectivity index (χ3v) is 7.69. The van der Waals surface area contributed by atoms with Crippen LogP contribution in [0.5, 0.6) is 0 Å². The summed E-state index contributed by atoms with van der Waals surface area (Å²) in [5.41, 5.74) is 2.75. The van der Waals surface area contributed by atoms with Crippen molar-refractivity contribution in [1.82, 2.24) is 14.6 Å². The molecular weight excluding hydrogens is 539 g/mol. The van der Waals surface area contributed by atoms with E-state index in [0.717, 1.165) is 24.7 Å². The van der Waals surface area contributed by atoms with Gasteiger partial charge in [-0.25, -0.2) is 22.1 Å². The summed E-state index contributed by atoms with van der Waals surface area (Å²) in [4.78, 5) is 16.3. The molecule has 0 bridgehead atoms. The summed E-state index contributed by atoms with van der Waals surface area (Å²) in [6.45, 7) is -0.0865. The van der Waals surface area contributed by atoms with Crippen molar-refractivity contribution in [3.05, 3.63) is 82.0 Å². The van der Waals surface area contributed by atoms with E-state index in [0.29, 0.717) is 22.3 Å². The zero-order valence-electron chi connectivity index (χ0n) is 18.5. The fourth-order valence-electron chi connectivity index (χ4n) is 4.13. The standard InChI is InChI=1S/C24H20BrFN4O4S/c1-35(33,34)30(12-14-4-7-18(25)19(26)9-14)21-13-29-20(10-17(21)15-5-6-15)22(24(31)32)23(28-29)16-3-2-8-27-11-16/h2-4,7-11,13,15H,5-6,12H2,1H3,(H,31,32). The third kappa shape index (κ3) is 4.53. The van der Waals surface area contributed by atoms with Gasteiger partial charge in [0.05, 0.1) is 34.7 Å². The van der Waals surface area contributed by atoms with Gasteiger partial charge in [0.2, 0.25) is 10.0 Å². The number of halogens is 2. The highest BCUT2D eigenvalue weighted by atomic mass is 79.9. The molecule has 35 heavy (non-hydrogen) atoms. The van der Waals surface area contributed by atoms with Crippen molar-refractivity contribution >= 4 is 43.1 Å². The average Bonchev–Trinajstić information content (AvgIpc) is 3.58. The number of fused-ring (bicyclic) bond motifs is 1. The van der Waals surface area contributed by atoms with Gasteiger partial charge in [-0.15, -0.1) is 0 Å². The lowest BCUT2D eigenvalue weighted by Gasteiger charge is -2.25. The fourth-order valence-corrected chi connectivity index (χ4v) is 5.27. The van der Waals surface area contributed by atoms with E-state index in [9.17, 15) is 22.7 Å². The van der Waals surface area contributed by atoms with Gasteiger partial charge in [0.1, 0.15) is 17.1 Å². The lowest BCUT2D eigenvalue weighted by atomic mass is 10.1. The van der Waals surface area contributed by atoms with Crippen LogP contribution in [0.4, 0.5) is 10.1 Å².